The van der Waals surface area contributed by atoms with E-state index in [2.05, 4.69) is 35.6 Å². The molecule has 0 saturated carbocycles. The summed E-state index contributed by atoms with van der Waals surface area (Å²) in [7, 11) is 0. The molecule has 0 radical (unpaired) electrons. The number of benzene rings is 1. The number of fused-ring (bicyclic) bond motifs is 1. The summed E-state index contributed by atoms with van der Waals surface area (Å²) in [5.74, 6) is 0.578. The number of rotatable bonds is 5. The molecule has 0 spiro atoms. The van der Waals surface area contributed by atoms with Crippen molar-refractivity contribution in [2.75, 3.05) is 11.1 Å². The van der Waals surface area contributed by atoms with Crippen molar-refractivity contribution >= 4 is 34.0 Å². The Morgan fingerprint density at radius 3 is 2.82 bits per heavy atom. The van der Waals surface area contributed by atoms with Crippen molar-refractivity contribution in [3.8, 4) is 17.3 Å². The van der Waals surface area contributed by atoms with E-state index in [1.54, 1.807) is 32.2 Å². The average Bonchev–Trinajstić information content (AvgIpc) is 3.48. The zero-order chi connectivity index (χ0) is 24.0. The average molecular weight is 482 g/mol. The highest BCUT2D eigenvalue weighted by atomic mass is 35.5. The number of nitrogens with one attached hydrogen (secondary N) is 2. The van der Waals surface area contributed by atoms with Gasteiger partial charge in [0, 0.05) is 22.7 Å². The molecule has 4 aromatic heterocycles. The van der Waals surface area contributed by atoms with Gasteiger partial charge in [0.05, 0.1) is 17.1 Å². The lowest BCUT2D eigenvalue weighted by Gasteiger charge is -2.21. The Morgan fingerprint density at radius 2 is 2.12 bits per heavy atom. The number of aromatic nitrogens is 7. The number of anilines is 2. The van der Waals surface area contributed by atoms with Crippen LogP contribution in [0.3, 0.4) is 0 Å². The van der Waals surface area contributed by atoms with Crippen molar-refractivity contribution in [1.82, 2.24) is 34.9 Å². The van der Waals surface area contributed by atoms with E-state index in [1.165, 1.54) is 17.0 Å². The minimum atomic E-state index is -0.682. The van der Waals surface area contributed by atoms with Gasteiger partial charge in [-0.1, -0.05) is 16.8 Å². The van der Waals surface area contributed by atoms with Crippen LogP contribution in [0.15, 0.2) is 46.1 Å². The molecule has 13 heteroatoms. The number of halogens is 2. The summed E-state index contributed by atoms with van der Waals surface area (Å²) in [6.07, 6.45) is 2.84. The molecule has 1 unspecified atom stereocenters. The SMILES string of the molecule is Cc1noc(-c2c(N)ncnc2NC(C)c2cc3c(Cl)ccc(F)c3c(=O)n2-c2cc[nH]n2)n1. The van der Waals surface area contributed by atoms with Crippen molar-refractivity contribution in [3.63, 3.8) is 0 Å². The van der Waals surface area contributed by atoms with Gasteiger partial charge in [0.1, 0.15) is 29.3 Å². The summed E-state index contributed by atoms with van der Waals surface area (Å²) in [5.41, 5.74) is 6.22. The standard InChI is InChI=1S/C21H17ClFN9O2/c1-9(28-19-17(18(24)25-8-26-19)20-29-10(2)31-34-20)14-7-11-12(22)3-4-13(23)16(11)21(33)32(14)15-5-6-27-30-15/h3-9H,1-2H3,(H,27,30)(H3,24,25,26,28). The highest BCUT2D eigenvalue weighted by Gasteiger charge is 2.24. The molecule has 0 aliphatic rings. The number of H-pyrrole nitrogens is 1. The van der Waals surface area contributed by atoms with Crippen LogP contribution in [0.2, 0.25) is 5.02 Å². The van der Waals surface area contributed by atoms with Crippen LogP contribution in [0.25, 0.3) is 28.0 Å². The number of nitrogens with zero attached hydrogens (tertiary/aromatic N) is 6. The molecule has 4 N–H and O–H groups in total. The molecule has 0 fully saturated rings. The highest BCUT2D eigenvalue weighted by molar-refractivity contribution is 6.35. The minimum absolute atomic E-state index is 0.127. The summed E-state index contributed by atoms with van der Waals surface area (Å²) in [6.45, 7) is 3.46. The Kier molecular flexibility index (Phi) is 5.21. The third-order valence-corrected chi connectivity index (χ3v) is 5.57. The summed E-state index contributed by atoms with van der Waals surface area (Å²) >= 11 is 6.32. The Labute approximate surface area is 195 Å². The number of hydrogen-bond acceptors (Lipinski definition) is 9. The zero-order valence-electron chi connectivity index (χ0n) is 17.9. The first kappa shape index (κ1) is 21.5. The molecule has 0 amide bonds. The van der Waals surface area contributed by atoms with Crippen LogP contribution >= 0.6 is 11.6 Å². The summed E-state index contributed by atoms with van der Waals surface area (Å²) in [4.78, 5) is 25.9. The topological polar surface area (TPSA) is 153 Å². The Balaban J connectivity index is 1.69. The Hall–Kier alpha value is -4.32. The number of aromatic amines is 1. The van der Waals surface area contributed by atoms with E-state index in [0.29, 0.717) is 22.9 Å². The van der Waals surface area contributed by atoms with E-state index >= 15 is 0 Å². The van der Waals surface area contributed by atoms with Gasteiger partial charge in [0.25, 0.3) is 11.4 Å². The predicted molar refractivity (Wildman–Crippen MR) is 123 cm³/mol. The maximum atomic E-state index is 14.6. The van der Waals surface area contributed by atoms with E-state index in [9.17, 15) is 9.18 Å². The van der Waals surface area contributed by atoms with Gasteiger partial charge in [-0.15, -0.1) is 0 Å². The fraction of sp³-hybridized carbons (Fsp3) is 0.143. The van der Waals surface area contributed by atoms with Crippen LogP contribution in [0.4, 0.5) is 16.0 Å². The Morgan fingerprint density at radius 1 is 1.29 bits per heavy atom. The van der Waals surface area contributed by atoms with Crippen LogP contribution in [-0.4, -0.2) is 34.9 Å². The van der Waals surface area contributed by atoms with Gasteiger partial charge < -0.3 is 15.6 Å². The third kappa shape index (κ3) is 3.53. The minimum Gasteiger partial charge on any atom is -0.383 e. The van der Waals surface area contributed by atoms with Crippen molar-refractivity contribution < 1.29 is 8.91 Å². The first-order valence-corrected chi connectivity index (χ1v) is 10.4. The molecule has 4 heterocycles. The lowest BCUT2D eigenvalue weighted by Crippen LogP contribution is -2.26. The van der Waals surface area contributed by atoms with Gasteiger partial charge in [0.15, 0.2) is 11.6 Å². The molecule has 5 aromatic rings. The number of hydrogen-bond donors (Lipinski definition) is 3. The van der Waals surface area contributed by atoms with Gasteiger partial charge in [-0.2, -0.15) is 10.1 Å². The molecule has 11 nitrogen and oxygen atoms in total. The van der Waals surface area contributed by atoms with E-state index in [-0.39, 0.29) is 33.3 Å². The smallest absolute Gasteiger partial charge is 0.267 e. The molecule has 0 aliphatic carbocycles. The van der Waals surface area contributed by atoms with Gasteiger partial charge in [-0.25, -0.2) is 14.4 Å². The quantitative estimate of drug-likeness (QED) is 0.342. The van der Waals surface area contributed by atoms with Crippen LogP contribution in [0, 0.1) is 12.7 Å². The molecule has 5 rings (SSSR count). The van der Waals surface area contributed by atoms with Crippen molar-refractivity contribution in [2.45, 2.75) is 19.9 Å². The van der Waals surface area contributed by atoms with E-state index in [1.807, 2.05) is 0 Å². The van der Waals surface area contributed by atoms with Gasteiger partial charge in [0.2, 0.25) is 0 Å². The second-order valence-corrected chi connectivity index (χ2v) is 7.86. The summed E-state index contributed by atoms with van der Waals surface area (Å²) < 4.78 is 21.2. The van der Waals surface area contributed by atoms with E-state index in [4.69, 9.17) is 21.9 Å². The fourth-order valence-corrected chi connectivity index (χ4v) is 3.91. The molecule has 0 bridgehead atoms. The molecule has 1 aromatic carbocycles. The van der Waals surface area contributed by atoms with E-state index < -0.39 is 17.4 Å². The molecule has 34 heavy (non-hydrogen) atoms. The van der Waals surface area contributed by atoms with Crippen LogP contribution in [0.1, 0.15) is 24.5 Å². The summed E-state index contributed by atoms with van der Waals surface area (Å²) in [6, 6.07) is 5.23. The Bertz CT molecular complexity index is 1580. The van der Waals surface area contributed by atoms with Crippen LogP contribution in [-0.2, 0) is 0 Å². The van der Waals surface area contributed by atoms with Crippen molar-refractivity contribution in [1.29, 1.82) is 0 Å². The van der Waals surface area contributed by atoms with Gasteiger partial charge in [-0.05, 0) is 32.0 Å². The fourth-order valence-electron chi connectivity index (χ4n) is 3.70. The van der Waals surface area contributed by atoms with Gasteiger partial charge in [-0.3, -0.25) is 14.5 Å². The number of aryl methyl sites for hydroxylation is 1. The zero-order valence-corrected chi connectivity index (χ0v) is 18.6. The molecular weight excluding hydrogens is 465 g/mol. The molecule has 1 atom stereocenters. The summed E-state index contributed by atoms with van der Waals surface area (Å²) in [5, 5.41) is 14.2. The third-order valence-electron chi connectivity index (χ3n) is 5.24. The number of pyridine rings is 1. The second-order valence-electron chi connectivity index (χ2n) is 7.46. The molecule has 0 aliphatic heterocycles. The first-order chi connectivity index (χ1) is 16.3. The van der Waals surface area contributed by atoms with E-state index in [0.717, 1.165) is 6.07 Å². The molecule has 172 valence electrons. The maximum Gasteiger partial charge on any atom is 0.267 e. The van der Waals surface area contributed by atoms with Gasteiger partial charge >= 0.3 is 0 Å². The number of nitrogens with two attached hydrogens (primary N) is 1. The lowest BCUT2D eigenvalue weighted by atomic mass is 10.1. The molecule has 0 saturated heterocycles. The highest BCUT2D eigenvalue weighted by Crippen LogP contribution is 2.33. The van der Waals surface area contributed by atoms with Crippen LogP contribution in [0.5, 0.6) is 0 Å². The first-order valence-electron chi connectivity index (χ1n) is 10.1. The number of nitrogen functional groups attached to an aromatic ring is 1. The van der Waals surface area contributed by atoms with Crippen molar-refractivity contribution in [3.05, 3.63) is 69.5 Å². The monoisotopic (exact) mass is 481 g/mol. The normalized spacial score (nSPS) is 12.2. The van der Waals surface area contributed by atoms with Crippen LogP contribution < -0.4 is 16.6 Å². The maximum absolute atomic E-state index is 14.6. The van der Waals surface area contributed by atoms with Crippen molar-refractivity contribution in [2.24, 2.45) is 0 Å². The lowest BCUT2D eigenvalue weighted by molar-refractivity contribution is 0.425. The second kappa shape index (κ2) is 8.23. The molecular formula is C21H17ClFN9O2. The largest absolute Gasteiger partial charge is 0.383 e. The predicted octanol–water partition coefficient (Wildman–Crippen LogP) is 3.41.